The zero-order chi connectivity index (χ0) is 21.8. The number of primary amides is 2. The molecule has 0 radical (unpaired) electrons. The first kappa shape index (κ1) is 20.8. The van der Waals surface area contributed by atoms with Crippen molar-refractivity contribution < 1.29 is 14.3 Å². The van der Waals surface area contributed by atoms with Crippen molar-refractivity contribution in [1.82, 2.24) is 15.0 Å². The highest BCUT2D eigenvalue weighted by Gasteiger charge is 2.26. The van der Waals surface area contributed by atoms with Crippen LogP contribution in [-0.2, 0) is 4.79 Å². The van der Waals surface area contributed by atoms with Crippen LogP contribution in [0, 0.1) is 0 Å². The number of nitrogens with two attached hydrogens (primary N) is 2. The number of amides is 2. The summed E-state index contributed by atoms with van der Waals surface area (Å²) in [6, 6.07) is 8.62. The lowest BCUT2D eigenvalue weighted by molar-refractivity contribution is -0.119. The number of rotatable bonds is 8. The van der Waals surface area contributed by atoms with Gasteiger partial charge in [-0.25, -0.2) is 0 Å². The normalized spacial score (nSPS) is 11.7. The number of carbonyl (C=O) groups is 2. The number of pyridine rings is 1. The summed E-state index contributed by atoms with van der Waals surface area (Å²) in [5, 5.41) is 4.00. The number of likely N-dealkylation sites (N-methyl/N-ethyl adjacent to an activating group) is 1. The first-order chi connectivity index (χ1) is 14.3. The lowest BCUT2D eigenvalue weighted by Gasteiger charge is -2.25. The van der Waals surface area contributed by atoms with Crippen molar-refractivity contribution >= 4 is 40.2 Å². The van der Waals surface area contributed by atoms with E-state index in [1.807, 2.05) is 31.2 Å². The van der Waals surface area contributed by atoms with Crippen LogP contribution in [0.4, 0.5) is 17.5 Å². The molecule has 0 bridgehead atoms. The molecule has 3 aromatic rings. The Labute approximate surface area is 173 Å². The molecule has 0 aliphatic heterocycles. The van der Waals surface area contributed by atoms with Crippen molar-refractivity contribution in [3.05, 3.63) is 42.1 Å². The van der Waals surface area contributed by atoms with Crippen molar-refractivity contribution in [2.75, 3.05) is 24.4 Å². The minimum absolute atomic E-state index is 0.00643. The summed E-state index contributed by atoms with van der Waals surface area (Å²) >= 11 is 0. The van der Waals surface area contributed by atoms with Gasteiger partial charge in [-0.15, -0.1) is 0 Å². The second-order valence-electron chi connectivity index (χ2n) is 6.59. The number of hydrogen-bond donors (Lipinski definition) is 3. The quantitative estimate of drug-likeness (QED) is 0.507. The van der Waals surface area contributed by atoms with Gasteiger partial charge in [0, 0.05) is 24.3 Å². The highest BCUT2D eigenvalue weighted by molar-refractivity contribution is 6.01. The summed E-state index contributed by atoms with van der Waals surface area (Å²) < 4.78 is 5.28. The molecule has 1 atom stereocenters. The van der Waals surface area contributed by atoms with Gasteiger partial charge in [-0.3, -0.25) is 14.6 Å². The van der Waals surface area contributed by atoms with E-state index in [9.17, 15) is 9.59 Å². The Hall–Kier alpha value is -3.95. The van der Waals surface area contributed by atoms with Crippen molar-refractivity contribution in [1.29, 1.82) is 0 Å². The molecule has 0 fully saturated rings. The lowest BCUT2D eigenvalue weighted by Crippen LogP contribution is -2.43. The van der Waals surface area contributed by atoms with Crippen LogP contribution < -0.4 is 26.4 Å². The summed E-state index contributed by atoms with van der Waals surface area (Å²) in [4.78, 5) is 38.4. The Bertz CT molecular complexity index is 1100. The zero-order valence-electron chi connectivity index (χ0n) is 16.9. The molecule has 10 heteroatoms. The fourth-order valence-electron chi connectivity index (χ4n) is 3.14. The minimum atomic E-state index is -0.757. The van der Waals surface area contributed by atoms with E-state index in [2.05, 4.69) is 20.3 Å². The molecule has 0 aliphatic rings. The van der Waals surface area contributed by atoms with Crippen molar-refractivity contribution in [3.8, 4) is 5.88 Å². The number of aromatic nitrogens is 3. The van der Waals surface area contributed by atoms with Gasteiger partial charge in [0.25, 0.3) is 5.91 Å². The molecule has 156 valence electrons. The second kappa shape index (κ2) is 8.60. The van der Waals surface area contributed by atoms with E-state index in [1.165, 1.54) is 12.0 Å². The first-order valence-corrected chi connectivity index (χ1v) is 9.25. The lowest BCUT2D eigenvalue weighted by atomic mass is 10.2. The Morgan fingerprint density at radius 2 is 2.00 bits per heavy atom. The van der Waals surface area contributed by atoms with E-state index in [0.717, 1.165) is 10.9 Å². The maximum Gasteiger partial charge on any atom is 0.258 e. The molecule has 3 rings (SSSR count). The summed E-state index contributed by atoms with van der Waals surface area (Å²) in [5.41, 5.74) is 12.5. The summed E-state index contributed by atoms with van der Waals surface area (Å²) in [6.45, 7) is 1.82. The van der Waals surface area contributed by atoms with Gasteiger partial charge in [-0.05, 0) is 30.7 Å². The molecule has 0 saturated carbocycles. The molecule has 0 spiro atoms. The number of nitrogens with zero attached hydrogens (tertiary/aromatic N) is 4. The highest BCUT2D eigenvalue weighted by Crippen LogP contribution is 2.29. The number of ether oxygens (including phenoxy) is 1. The van der Waals surface area contributed by atoms with E-state index in [-0.39, 0.29) is 23.2 Å². The number of anilines is 3. The molecule has 10 nitrogen and oxygen atoms in total. The number of methoxy groups -OCH3 is 1. The van der Waals surface area contributed by atoms with Crippen LogP contribution in [0.5, 0.6) is 5.88 Å². The SMILES string of the molecule is CC[C@H](C(N)=O)N(C)c1nc(Nc2ccc3ncccc3c2)c(C(N)=O)c(OC)n1. The van der Waals surface area contributed by atoms with Crippen molar-refractivity contribution in [3.63, 3.8) is 0 Å². The van der Waals surface area contributed by atoms with Gasteiger partial charge in [0.05, 0.1) is 12.6 Å². The fourth-order valence-corrected chi connectivity index (χ4v) is 3.14. The predicted octanol–water partition coefficient (Wildman–Crippen LogP) is 1.58. The van der Waals surface area contributed by atoms with E-state index in [1.54, 1.807) is 19.3 Å². The minimum Gasteiger partial charge on any atom is -0.480 e. The van der Waals surface area contributed by atoms with Crippen LogP contribution in [0.3, 0.4) is 0 Å². The largest absolute Gasteiger partial charge is 0.480 e. The van der Waals surface area contributed by atoms with Gasteiger partial charge >= 0.3 is 0 Å². The molecular weight excluding hydrogens is 386 g/mol. The van der Waals surface area contributed by atoms with Crippen LogP contribution in [0.25, 0.3) is 10.9 Å². The molecule has 2 aromatic heterocycles. The predicted molar refractivity (Wildman–Crippen MR) is 114 cm³/mol. The van der Waals surface area contributed by atoms with E-state index in [0.29, 0.717) is 12.1 Å². The van der Waals surface area contributed by atoms with Crippen LogP contribution in [0.2, 0.25) is 0 Å². The van der Waals surface area contributed by atoms with E-state index < -0.39 is 17.9 Å². The number of hydrogen-bond acceptors (Lipinski definition) is 8. The van der Waals surface area contributed by atoms with Gasteiger partial charge in [0.1, 0.15) is 11.6 Å². The van der Waals surface area contributed by atoms with Gasteiger partial charge < -0.3 is 26.4 Å². The molecule has 2 heterocycles. The third kappa shape index (κ3) is 4.07. The molecule has 0 saturated heterocycles. The smallest absolute Gasteiger partial charge is 0.258 e. The third-order valence-corrected chi connectivity index (χ3v) is 4.67. The number of fused-ring (bicyclic) bond motifs is 1. The third-order valence-electron chi connectivity index (χ3n) is 4.67. The van der Waals surface area contributed by atoms with Gasteiger partial charge in [0.15, 0.2) is 5.82 Å². The van der Waals surface area contributed by atoms with E-state index >= 15 is 0 Å². The topological polar surface area (TPSA) is 149 Å². The van der Waals surface area contributed by atoms with Crippen LogP contribution in [-0.4, -0.2) is 47.0 Å². The number of benzene rings is 1. The van der Waals surface area contributed by atoms with Crippen molar-refractivity contribution in [2.45, 2.75) is 19.4 Å². The molecule has 0 unspecified atom stereocenters. The fraction of sp³-hybridized carbons (Fsp3) is 0.250. The standard InChI is InChI=1S/C20H23N7O3/c1-4-14(16(21)28)27(2)20-25-18(15(17(22)29)19(26-20)30-3)24-12-7-8-13-11(10-12)6-5-9-23-13/h5-10,14H,4H2,1-3H3,(H2,21,28)(H2,22,29)(H,24,25,26)/t14-/m1/s1. The molecule has 0 aliphatic carbocycles. The van der Waals surface area contributed by atoms with Gasteiger partial charge in [0.2, 0.25) is 17.7 Å². The maximum atomic E-state index is 12.1. The molecular formula is C20H23N7O3. The Morgan fingerprint density at radius 3 is 2.63 bits per heavy atom. The van der Waals surface area contributed by atoms with Crippen LogP contribution in [0.1, 0.15) is 23.7 Å². The average molecular weight is 409 g/mol. The number of nitrogens with one attached hydrogen (secondary N) is 1. The van der Waals surface area contributed by atoms with Crippen LogP contribution >= 0.6 is 0 Å². The van der Waals surface area contributed by atoms with Gasteiger partial charge in [-0.1, -0.05) is 13.0 Å². The summed E-state index contributed by atoms with van der Waals surface area (Å²) in [5.74, 6) is -0.971. The average Bonchev–Trinajstić information content (AvgIpc) is 2.72. The summed E-state index contributed by atoms with van der Waals surface area (Å²) in [7, 11) is 3.01. The Kier molecular flexibility index (Phi) is 5.95. The Morgan fingerprint density at radius 1 is 1.23 bits per heavy atom. The Balaban J connectivity index is 2.10. The van der Waals surface area contributed by atoms with E-state index in [4.69, 9.17) is 16.2 Å². The van der Waals surface area contributed by atoms with Crippen molar-refractivity contribution in [2.24, 2.45) is 11.5 Å². The molecule has 30 heavy (non-hydrogen) atoms. The molecule has 1 aromatic carbocycles. The maximum absolute atomic E-state index is 12.1. The first-order valence-electron chi connectivity index (χ1n) is 9.25. The highest BCUT2D eigenvalue weighted by atomic mass is 16.5. The number of carbonyl (C=O) groups excluding carboxylic acids is 2. The second-order valence-corrected chi connectivity index (χ2v) is 6.59. The monoisotopic (exact) mass is 409 g/mol. The summed E-state index contributed by atoms with van der Waals surface area (Å²) in [6.07, 6.45) is 2.16. The van der Waals surface area contributed by atoms with Gasteiger partial charge in [-0.2, -0.15) is 9.97 Å². The zero-order valence-corrected chi connectivity index (χ0v) is 16.9. The van der Waals surface area contributed by atoms with Crippen LogP contribution in [0.15, 0.2) is 36.5 Å². The molecule has 5 N–H and O–H groups in total. The molecule has 2 amide bonds.